The zero-order chi connectivity index (χ0) is 20.5. The molecule has 4 aromatic rings. The minimum atomic E-state index is -0.0725. The summed E-state index contributed by atoms with van der Waals surface area (Å²) in [6.07, 6.45) is 3.41. The molecule has 0 radical (unpaired) electrons. The van der Waals surface area contributed by atoms with Crippen LogP contribution in [0.15, 0.2) is 47.5 Å². The lowest BCUT2D eigenvalue weighted by atomic mass is 10.2. The first-order valence-electron chi connectivity index (χ1n) is 9.92. The molecule has 0 saturated carbocycles. The van der Waals surface area contributed by atoms with Crippen molar-refractivity contribution in [3.63, 3.8) is 0 Å². The van der Waals surface area contributed by atoms with E-state index in [1.165, 1.54) is 0 Å². The number of aromatic nitrogens is 5. The summed E-state index contributed by atoms with van der Waals surface area (Å²) in [7, 11) is 1.63. The molecule has 9 heteroatoms. The molecule has 0 aliphatic carbocycles. The number of methoxy groups -OCH3 is 1. The molecule has 4 heterocycles. The monoisotopic (exact) mass is 406 g/mol. The Bertz CT molecular complexity index is 1240. The minimum Gasteiger partial charge on any atom is -0.497 e. The van der Waals surface area contributed by atoms with Crippen LogP contribution in [0.1, 0.15) is 0 Å². The fraction of sp³-hybridized carbons (Fsp3) is 0.333. The van der Waals surface area contributed by atoms with Crippen molar-refractivity contribution in [1.82, 2.24) is 29.0 Å². The van der Waals surface area contributed by atoms with Gasteiger partial charge in [0.2, 0.25) is 0 Å². The molecule has 30 heavy (non-hydrogen) atoms. The number of rotatable bonds is 5. The summed E-state index contributed by atoms with van der Waals surface area (Å²) >= 11 is 0. The molecule has 9 nitrogen and oxygen atoms in total. The van der Waals surface area contributed by atoms with Gasteiger partial charge in [0, 0.05) is 44.1 Å². The van der Waals surface area contributed by atoms with E-state index in [4.69, 9.17) is 9.47 Å². The normalized spacial score (nSPS) is 15.1. The lowest BCUT2D eigenvalue weighted by Crippen LogP contribution is -2.39. The van der Waals surface area contributed by atoms with Gasteiger partial charge < -0.3 is 14.0 Å². The third-order valence-electron chi connectivity index (χ3n) is 5.42. The molecule has 0 atom stereocenters. The number of ether oxygens (including phenoxy) is 2. The van der Waals surface area contributed by atoms with Gasteiger partial charge in [-0.15, -0.1) is 5.10 Å². The fourth-order valence-corrected chi connectivity index (χ4v) is 3.67. The van der Waals surface area contributed by atoms with Gasteiger partial charge in [0.25, 0.3) is 11.3 Å². The Labute approximate surface area is 172 Å². The Kier molecular flexibility index (Phi) is 4.89. The molecule has 154 valence electrons. The molecule has 1 aliphatic heterocycles. The van der Waals surface area contributed by atoms with Gasteiger partial charge in [-0.25, -0.2) is 4.98 Å². The average molecular weight is 406 g/mol. The number of benzene rings is 1. The summed E-state index contributed by atoms with van der Waals surface area (Å²) in [5.41, 5.74) is 1.48. The van der Waals surface area contributed by atoms with E-state index in [2.05, 4.69) is 20.0 Å². The van der Waals surface area contributed by atoms with Gasteiger partial charge in [0.05, 0.1) is 31.2 Å². The predicted octanol–water partition coefficient (Wildman–Crippen LogP) is 1.45. The molecule has 5 rings (SSSR count). The minimum absolute atomic E-state index is 0.0725. The van der Waals surface area contributed by atoms with Gasteiger partial charge in [-0.3, -0.25) is 9.69 Å². The van der Waals surface area contributed by atoms with Crippen LogP contribution in [-0.2, 0) is 11.3 Å². The Balaban J connectivity index is 1.47. The van der Waals surface area contributed by atoms with Crippen molar-refractivity contribution < 1.29 is 9.47 Å². The molecule has 0 bridgehead atoms. The molecule has 1 saturated heterocycles. The lowest BCUT2D eigenvalue weighted by Gasteiger charge is -2.26. The van der Waals surface area contributed by atoms with Crippen LogP contribution in [0.25, 0.3) is 28.1 Å². The summed E-state index contributed by atoms with van der Waals surface area (Å²) in [6.45, 7) is 4.74. The third-order valence-corrected chi connectivity index (χ3v) is 5.42. The van der Waals surface area contributed by atoms with E-state index in [0.717, 1.165) is 44.2 Å². The van der Waals surface area contributed by atoms with Crippen molar-refractivity contribution in [1.29, 1.82) is 0 Å². The van der Waals surface area contributed by atoms with E-state index >= 15 is 0 Å². The second-order valence-electron chi connectivity index (χ2n) is 7.20. The zero-order valence-corrected chi connectivity index (χ0v) is 16.7. The first-order chi connectivity index (χ1) is 14.7. The summed E-state index contributed by atoms with van der Waals surface area (Å²) in [6, 6.07) is 9.42. The summed E-state index contributed by atoms with van der Waals surface area (Å²) in [5.74, 6) is 1.77. The number of hydrogen-bond acceptors (Lipinski definition) is 7. The molecule has 0 unspecified atom stereocenters. The van der Waals surface area contributed by atoms with E-state index in [0.29, 0.717) is 29.0 Å². The largest absolute Gasteiger partial charge is 0.497 e. The van der Waals surface area contributed by atoms with Gasteiger partial charge in [-0.05, 0) is 30.3 Å². The average Bonchev–Trinajstić information content (AvgIpc) is 3.24. The molecule has 1 fully saturated rings. The van der Waals surface area contributed by atoms with Crippen LogP contribution in [-0.4, -0.2) is 69.0 Å². The summed E-state index contributed by atoms with van der Waals surface area (Å²) in [4.78, 5) is 24.2. The SMILES string of the molecule is COc1ccc(-c2nc3ncc4c(=O)n(CCN5CCOCC5)ccc4n3n2)cc1. The predicted molar refractivity (Wildman–Crippen MR) is 112 cm³/mol. The number of fused-ring (bicyclic) bond motifs is 3. The van der Waals surface area contributed by atoms with Gasteiger partial charge in [0.1, 0.15) is 5.75 Å². The Morgan fingerprint density at radius 1 is 1.10 bits per heavy atom. The van der Waals surface area contributed by atoms with Crippen molar-refractivity contribution in [3.8, 4) is 17.1 Å². The van der Waals surface area contributed by atoms with E-state index in [9.17, 15) is 4.79 Å². The zero-order valence-electron chi connectivity index (χ0n) is 16.7. The molecule has 0 N–H and O–H groups in total. The van der Waals surface area contributed by atoms with E-state index in [1.807, 2.05) is 36.5 Å². The van der Waals surface area contributed by atoms with E-state index in [1.54, 1.807) is 22.4 Å². The smallest absolute Gasteiger partial charge is 0.261 e. The van der Waals surface area contributed by atoms with Crippen LogP contribution >= 0.6 is 0 Å². The highest BCUT2D eigenvalue weighted by atomic mass is 16.5. The summed E-state index contributed by atoms with van der Waals surface area (Å²) < 4.78 is 13.9. The van der Waals surface area contributed by atoms with Crippen LogP contribution in [0.2, 0.25) is 0 Å². The van der Waals surface area contributed by atoms with E-state index in [-0.39, 0.29) is 5.56 Å². The maximum atomic E-state index is 13.0. The molecule has 1 aromatic carbocycles. The van der Waals surface area contributed by atoms with Crippen molar-refractivity contribution in [3.05, 3.63) is 53.1 Å². The van der Waals surface area contributed by atoms with Crippen LogP contribution < -0.4 is 10.3 Å². The lowest BCUT2D eigenvalue weighted by molar-refractivity contribution is 0.0363. The summed E-state index contributed by atoms with van der Waals surface area (Å²) in [5, 5.41) is 5.11. The first kappa shape index (κ1) is 18.7. The van der Waals surface area contributed by atoms with Crippen LogP contribution in [0.3, 0.4) is 0 Å². The van der Waals surface area contributed by atoms with Crippen LogP contribution in [0.4, 0.5) is 0 Å². The maximum absolute atomic E-state index is 13.0. The Morgan fingerprint density at radius 3 is 2.67 bits per heavy atom. The Hall–Kier alpha value is -3.30. The number of nitrogens with zero attached hydrogens (tertiary/aromatic N) is 6. The standard InChI is InChI=1S/C21H22N6O3/c1-29-16-4-2-15(3-5-16)19-23-21-22-14-17-18(27(21)24-19)6-7-26(20(17)28)9-8-25-10-12-30-13-11-25/h2-7,14H,8-13H2,1H3. The number of pyridine rings is 1. The van der Waals surface area contributed by atoms with E-state index < -0.39 is 0 Å². The maximum Gasteiger partial charge on any atom is 0.261 e. The molecule has 1 aliphatic rings. The highest BCUT2D eigenvalue weighted by Gasteiger charge is 2.14. The Morgan fingerprint density at radius 2 is 1.90 bits per heavy atom. The van der Waals surface area contributed by atoms with Crippen molar-refractivity contribution >= 4 is 16.7 Å². The topological polar surface area (TPSA) is 86.8 Å². The number of morpholine rings is 1. The molecule has 3 aromatic heterocycles. The van der Waals surface area contributed by atoms with Crippen LogP contribution in [0, 0.1) is 0 Å². The first-order valence-corrected chi connectivity index (χ1v) is 9.92. The molecule has 0 amide bonds. The highest BCUT2D eigenvalue weighted by Crippen LogP contribution is 2.21. The van der Waals surface area contributed by atoms with Gasteiger partial charge in [-0.2, -0.15) is 9.50 Å². The third kappa shape index (κ3) is 3.42. The fourth-order valence-electron chi connectivity index (χ4n) is 3.67. The van der Waals surface area contributed by atoms with Crippen LogP contribution in [0.5, 0.6) is 5.75 Å². The van der Waals surface area contributed by atoms with Gasteiger partial charge in [-0.1, -0.05) is 0 Å². The quantitative estimate of drug-likeness (QED) is 0.496. The van der Waals surface area contributed by atoms with Crippen molar-refractivity contribution in [2.24, 2.45) is 0 Å². The molecular formula is C21H22N6O3. The van der Waals surface area contributed by atoms with Crippen molar-refractivity contribution in [2.75, 3.05) is 40.0 Å². The van der Waals surface area contributed by atoms with Crippen molar-refractivity contribution in [2.45, 2.75) is 6.54 Å². The van der Waals surface area contributed by atoms with Gasteiger partial charge >= 0.3 is 0 Å². The highest BCUT2D eigenvalue weighted by molar-refractivity contribution is 5.79. The second-order valence-corrected chi connectivity index (χ2v) is 7.20. The van der Waals surface area contributed by atoms with Gasteiger partial charge in [0.15, 0.2) is 5.82 Å². The molecular weight excluding hydrogens is 384 g/mol. The molecule has 0 spiro atoms. The second kappa shape index (κ2) is 7.85. The number of hydrogen-bond donors (Lipinski definition) is 0.